The fourth-order valence-electron chi connectivity index (χ4n) is 1.89. The van der Waals surface area contributed by atoms with Crippen LogP contribution < -0.4 is 10.1 Å². The van der Waals surface area contributed by atoms with Gasteiger partial charge in [0.15, 0.2) is 0 Å². The van der Waals surface area contributed by atoms with Crippen LogP contribution in [-0.2, 0) is 6.54 Å². The number of phenolic OH excluding ortho intramolecular Hbond substituents is 1. The average Bonchev–Trinajstić information content (AvgIpc) is 2.47. The Labute approximate surface area is 130 Å². The second-order valence-corrected chi connectivity index (χ2v) is 5.62. The zero-order chi connectivity index (χ0) is 15.2. The molecule has 112 valence electrons. The van der Waals surface area contributed by atoms with E-state index in [-0.39, 0.29) is 11.8 Å². The fourth-order valence-corrected chi connectivity index (χ4v) is 2.09. The lowest BCUT2D eigenvalue weighted by molar-refractivity contribution is 0.272. The second-order valence-electron chi connectivity index (χ2n) is 5.18. The van der Waals surface area contributed by atoms with Crippen molar-refractivity contribution >= 4 is 11.6 Å². The molecule has 21 heavy (non-hydrogen) atoms. The largest absolute Gasteiger partial charge is 0.508 e. The molecule has 0 heterocycles. The third-order valence-electron chi connectivity index (χ3n) is 3.20. The highest BCUT2D eigenvalue weighted by molar-refractivity contribution is 6.30. The van der Waals surface area contributed by atoms with Crippen molar-refractivity contribution in [3.8, 4) is 11.5 Å². The summed E-state index contributed by atoms with van der Waals surface area (Å²) < 4.78 is 5.71. The lowest BCUT2D eigenvalue weighted by Crippen LogP contribution is -2.31. The molecule has 0 radical (unpaired) electrons. The molecule has 1 unspecified atom stereocenters. The second kappa shape index (κ2) is 7.34. The number of hydrogen-bond donors (Lipinski definition) is 2. The zero-order valence-corrected chi connectivity index (χ0v) is 13.0. The van der Waals surface area contributed by atoms with Crippen molar-refractivity contribution in [1.82, 2.24) is 5.32 Å². The van der Waals surface area contributed by atoms with Gasteiger partial charge in [-0.2, -0.15) is 0 Å². The van der Waals surface area contributed by atoms with Crippen molar-refractivity contribution in [3.05, 3.63) is 58.6 Å². The van der Waals surface area contributed by atoms with Gasteiger partial charge in [-0.1, -0.05) is 29.3 Å². The molecular formula is C17H20ClNO2. The van der Waals surface area contributed by atoms with E-state index < -0.39 is 0 Å². The Hall–Kier alpha value is -1.71. The Morgan fingerprint density at radius 1 is 1.19 bits per heavy atom. The molecule has 2 N–H and O–H groups in total. The molecule has 2 rings (SSSR count). The van der Waals surface area contributed by atoms with E-state index in [1.54, 1.807) is 18.2 Å². The number of rotatable bonds is 6. The van der Waals surface area contributed by atoms with Crippen LogP contribution in [0.5, 0.6) is 11.5 Å². The SMILES string of the molecule is Cc1ccc(OCC(C)NCc2cc(Cl)ccc2O)cc1. The summed E-state index contributed by atoms with van der Waals surface area (Å²) in [5, 5.41) is 13.7. The van der Waals surface area contributed by atoms with Crippen molar-refractivity contribution in [3.63, 3.8) is 0 Å². The van der Waals surface area contributed by atoms with Crippen molar-refractivity contribution in [2.24, 2.45) is 0 Å². The molecule has 0 aromatic heterocycles. The summed E-state index contributed by atoms with van der Waals surface area (Å²) in [7, 11) is 0. The molecule has 4 heteroatoms. The molecule has 2 aromatic rings. The molecule has 0 aliphatic carbocycles. The number of aromatic hydroxyl groups is 1. The van der Waals surface area contributed by atoms with Crippen LogP contribution in [0.2, 0.25) is 5.02 Å². The normalized spacial score (nSPS) is 12.1. The van der Waals surface area contributed by atoms with Crippen LogP contribution in [0.25, 0.3) is 0 Å². The Kier molecular flexibility index (Phi) is 5.48. The van der Waals surface area contributed by atoms with Gasteiger partial charge in [-0.25, -0.2) is 0 Å². The predicted octanol–water partition coefficient (Wildman–Crippen LogP) is 3.91. The predicted molar refractivity (Wildman–Crippen MR) is 86.1 cm³/mol. The molecule has 0 fully saturated rings. The summed E-state index contributed by atoms with van der Waals surface area (Å²) in [5.41, 5.74) is 2.00. The minimum atomic E-state index is 0.157. The van der Waals surface area contributed by atoms with Gasteiger partial charge in [-0.05, 0) is 44.2 Å². The van der Waals surface area contributed by atoms with Gasteiger partial charge in [0.05, 0.1) is 0 Å². The molecule has 1 atom stereocenters. The van der Waals surface area contributed by atoms with Crippen molar-refractivity contribution in [2.75, 3.05) is 6.61 Å². The third-order valence-corrected chi connectivity index (χ3v) is 3.44. The van der Waals surface area contributed by atoms with Gasteiger partial charge < -0.3 is 15.2 Å². The van der Waals surface area contributed by atoms with E-state index in [0.717, 1.165) is 11.3 Å². The van der Waals surface area contributed by atoms with E-state index in [2.05, 4.69) is 5.32 Å². The summed E-state index contributed by atoms with van der Waals surface area (Å²) in [5.74, 6) is 1.11. The van der Waals surface area contributed by atoms with Crippen LogP contribution in [-0.4, -0.2) is 17.8 Å². The van der Waals surface area contributed by atoms with E-state index in [1.807, 2.05) is 38.1 Å². The van der Waals surface area contributed by atoms with Crippen LogP contribution in [0.3, 0.4) is 0 Å². The number of halogens is 1. The summed E-state index contributed by atoms with van der Waals surface area (Å²) in [6.45, 7) is 5.19. The lowest BCUT2D eigenvalue weighted by Gasteiger charge is -2.15. The summed E-state index contributed by atoms with van der Waals surface area (Å²) in [6, 6.07) is 13.2. The first-order valence-corrected chi connectivity index (χ1v) is 7.32. The van der Waals surface area contributed by atoms with Crippen LogP contribution in [0.4, 0.5) is 0 Å². The molecular weight excluding hydrogens is 286 g/mol. The number of hydrogen-bond acceptors (Lipinski definition) is 3. The quantitative estimate of drug-likeness (QED) is 0.850. The first-order chi connectivity index (χ1) is 10.0. The third kappa shape index (κ3) is 4.96. The Morgan fingerprint density at radius 2 is 1.90 bits per heavy atom. The van der Waals surface area contributed by atoms with Crippen molar-refractivity contribution in [1.29, 1.82) is 0 Å². The molecule has 0 saturated carbocycles. The first-order valence-electron chi connectivity index (χ1n) is 6.95. The van der Waals surface area contributed by atoms with Crippen LogP contribution in [0.15, 0.2) is 42.5 Å². The van der Waals surface area contributed by atoms with E-state index in [4.69, 9.17) is 16.3 Å². The standard InChI is InChI=1S/C17H20ClNO2/c1-12-3-6-16(7-4-12)21-11-13(2)19-10-14-9-15(18)5-8-17(14)20/h3-9,13,19-20H,10-11H2,1-2H3. The average molecular weight is 306 g/mol. The molecule has 0 saturated heterocycles. The Balaban J connectivity index is 1.80. The molecule has 0 aliphatic heterocycles. The number of benzene rings is 2. The molecule has 2 aromatic carbocycles. The van der Waals surface area contributed by atoms with Gasteiger partial charge in [0.25, 0.3) is 0 Å². The van der Waals surface area contributed by atoms with E-state index in [0.29, 0.717) is 18.2 Å². The van der Waals surface area contributed by atoms with E-state index >= 15 is 0 Å². The summed E-state index contributed by atoms with van der Waals surface area (Å²) in [4.78, 5) is 0. The zero-order valence-electron chi connectivity index (χ0n) is 12.3. The van der Waals surface area contributed by atoms with Gasteiger partial charge in [0, 0.05) is 23.2 Å². The molecule has 0 amide bonds. The van der Waals surface area contributed by atoms with Gasteiger partial charge in [-0.3, -0.25) is 0 Å². The fraction of sp³-hybridized carbons (Fsp3) is 0.294. The number of ether oxygens (including phenoxy) is 1. The summed E-state index contributed by atoms with van der Waals surface area (Å²) in [6.07, 6.45) is 0. The van der Waals surface area contributed by atoms with E-state index in [9.17, 15) is 5.11 Å². The van der Waals surface area contributed by atoms with E-state index in [1.165, 1.54) is 5.56 Å². The smallest absolute Gasteiger partial charge is 0.120 e. The maximum absolute atomic E-state index is 9.75. The minimum Gasteiger partial charge on any atom is -0.508 e. The maximum Gasteiger partial charge on any atom is 0.120 e. The van der Waals surface area contributed by atoms with Crippen LogP contribution >= 0.6 is 11.6 Å². The molecule has 0 bridgehead atoms. The van der Waals surface area contributed by atoms with Gasteiger partial charge in [0.2, 0.25) is 0 Å². The van der Waals surface area contributed by atoms with Crippen molar-refractivity contribution < 1.29 is 9.84 Å². The Morgan fingerprint density at radius 3 is 2.62 bits per heavy atom. The van der Waals surface area contributed by atoms with Gasteiger partial charge in [-0.15, -0.1) is 0 Å². The number of phenols is 1. The topological polar surface area (TPSA) is 41.5 Å². The first kappa shape index (κ1) is 15.7. The molecule has 3 nitrogen and oxygen atoms in total. The highest BCUT2D eigenvalue weighted by atomic mass is 35.5. The lowest BCUT2D eigenvalue weighted by atomic mass is 10.2. The maximum atomic E-state index is 9.75. The van der Waals surface area contributed by atoms with Gasteiger partial charge in [0.1, 0.15) is 18.1 Å². The van der Waals surface area contributed by atoms with Crippen molar-refractivity contribution in [2.45, 2.75) is 26.4 Å². The summed E-state index contributed by atoms with van der Waals surface area (Å²) >= 11 is 5.92. The number of nitrogens with one attached hydrogen (secondary N) is 1. The van der Waals surface area contributed by atoms with Crippen LogP contribution in [0, 0.1) is 6.92 Å². The number of aryl methyl sites for hydroxylation is 1. The minimum absolute atomic E-state index is 0.157. The highest BCUT2D eigenvalue weighted by Crippen LogP contribution is 2.21. The molecule has 0 spiro atoms. The van der Waals surface area contributed by atoms with Crippen LogP contribution in [0.1, 0.15) is 18.1 Å². The highest BCUT2D eigenvalue weighted by Gasteiger charge is 2.06. The molecule has 0 aliphatic rings. The monoisotopic (exact) mass is 305 g/mol. The Bertz CT molecular complexity index is 584. The van der Waals surface area contributed by atoms with Gasteiger partial charge >= 0.3 is 0 Å².